The first-order chi connectivity index (χ1) is 12.0. The lowest BCUT2D eigenvalue weighted by molar-refractivity contribution is -0.128. The molecule has 2 aromatic rings. The highest BCUT2D eigenvalue weighted by Crippen LogP contribution is 2.19. The Balaban J connectivity index is 1.70. The van der Waals surface area contributed by atoms with Crippen molar-refractivity contribution in [2.24, 2.45) is 0 Å². The fraction of sp³-hybridized carbons (Fsp3) is 0.353. The van der Waals surface area contributed by atoms with Gasteiger partial charge in [-0.15, -0.1) is 0 Å². The molecule has 0 saturated carbocycles. The van der Waals surface area contributed by atoms with Gasteiger partial charge in [0.05, 0.1) is 0 Å². The molecule has 7 nitrogen and oxygen atoms in total. The maximum absolute atomic E-state index is 12.6. The minimum Gasteiger partial charge on any atom is -0.484 e. The van der Waals surface area contributed by atoms with Crippen molar-refractivity contribution < 1.29 is 18.8 Å². The smallest absolute Gasteiger partial charge is 0.267 e. The van der Waals surface area contributed by atoms with E-state index in [0.29, 0.717) is 35.3 Å². The maximum atomic E-state index is 12.6. The van der Waals surface area contributed by atoms with Gasteiger partial charge in [0, 0.05) is 24.1 Å². The van der Waals surface area contributed by atoms with E-state index in [1.165, 1.54) is 4.90 Å². The Kier molecular flexibility index (Phi) is 5.23. The molecule has 0 spiro atoms. The molecule has 1 saturated heterocycles. The average Bonchev–Trinajstić information content (AvgIpc) is 3.20. The molecule has 25 heavy (non-hydrogen) atoms. The summed E-state index contributed by atoms with van der Waals surface area (Å²) in [5.74, 6) is 1.19. The zero-order valence-electron chi connectivity index (χ0n) is 13.8. The van der Waals surface area contributed by atoms with Gasteiger partial charge in [0.1, 0.15) is 18.2 Å². The van der Waals surface area contributed by atoms with Gasteiger partial charge in [0.15, 0.2) is 12.4 Å². The van der Waals surface area contributed by atoms with E-state index in [4.69, 9.17) is 20.9 Å². The molecule has 0 bridgehead atoms. The van der Waals surface area contributed by atoms with Crippen molar-refractivity contribution in [2.45, 2.75) is 19.8 Å². The lowest BCUT2D eigenvalue weighted by Crippen LogP contribution is -2.44. The summed E-state index contributed by atoms with van der Waals surface area (Å²) in [6.45, 7) is 2.31. The zero-order valence-corrected chi connectivity index (χ0v) is 14.5. The van der Waals surface area contributed by atoms with Crippen LogP contribution in [0, 0.1) is 6.92 Å². The highest BCUT2D eigenvalue weighted by molar-refractivity contribution is 6.30. The fourth-order valence-corrected chi connectivity index (χ4v) is 2.66. The van der Waals surface area contributed by atoms with Gasteiger partial charge in [-0.2, -0.15) is 0 Å². The van der Waals surface area contributed by atoms with Crippen LogP contribution >= 0.6 is 11.6 Å². The number of anilines is 1. The van der Waals surface area contributed by atoms with E-state index in [1.807, 2.05) is 0 Å². The number of rotatable bonds is 6. The van der Waals surface area contributed by atoms with Gasteiger partial charge in [-0.3, -0.25) is 14.5 Å². The quantitative estimate of drug-likeness (QED) is 0.788. The minimum absolute atomic E-state index is 0.0247. The summed E-state index contributed by atoms with van der Waals surface area (Å²) >= 11 is 5.83. The van der Waals surface area contributed by atoms with Crippen molar-refractivity contribution in [3.05, 3.63) is 41.1 Å². The van der Waals surface area contributed by atoms with E-state index in [0.717, 1.165) is 6.42 Å². The van der Waals surface area contributed by atoms with Crippen LogP contribution in [0.4, 0.5) is 5.82 Å². The van der Waals surface area contributed by atoms with Crippen LogP contribution in [0.15, 0.2) is 34.9 Å². The van der Waals surface area contributed by atoms with Crippen molar-refractivity contribution in [2.75, 3.05) is 24.7 Å². The second-order valence-corrected chi connectivity index (χ2v) is 6.20. The summed E-state index contributed by atoms with van der Waals surface area (Å²) in [6, 6.07) is 8.39. The zero-order chi connectivity index (χ0) is 17.8. The minimum atomic E-state index is -0.317. The van der Waals surface area contributed by atoms with Gasteiger partial charge >= 0.3 is 0 Å². The number of carbonyl (C=O) groups excluding carboxylic acids is 2. The molecule has 2 heterocycles. The number of benzene rings is 1. The summed E-state index contributed by atoms with van der Waals surface area (Å²) in [7, 11) is 0. The average molecular weight is 364 g/mol. The standard InChI is InChI=1S/C17H18ClN3O4/c1-12-9-15(19-25-12)21(11-20-8-2-3-16(20)22)17(23)10-24-14-6-4-13(18)5-7-14/h4-7,9H,2-3,8,10-11H2,1H3. The molecule has 1 aliphatic heterocycles. The van der Waals surface area contributed by atoms with Crippen LogP contribution in [0.25, 0.3) is 0 Å². The van der Waals surface area contributed by atoms with Crippen LogP contribution < -0.4 is 9.64 Å². The topological polar surface area (TPSA) is 75.9 Å². The van der Waals surface area contributed by atoms with Crippen molar-refractivity contribution in [1.82, 2.24) is 10.1 Å². The van der Waals surface area contributed by atoms with E-state index >= 15 is 0 Å². The molecule has 1 aliphatic rings. The van der Waals surface area contributed by atoms with Crippen molar-refractivity contribution in [3.8, 4) is 5.75 Å². The van der Waals surface area contributed by atoms with Crippen LogP contribution in [0.2, 0.25) is 5.02 Å². The largest absolute Gasteiger partial charge is 0.484 e. The first-order valence-electron chi connectivity index (χ1n) is 7.93. The molecule has 1 fully saturated rings. The van der Waals surface area contributed by atoms with Crippen LogP contribution in [0.5, 0.6) is 5.75 Å². The number of aromatic nitrogens is 1. The number of amides is 2. The van der Waals surface area contributed by atoms with Gasteiger partial charge in [-0.25, -0.2) is 0 Å². The van der Waals surface area contributed by atoms with Crippen molar-refractivity contribution >= 4 is 29.2 Å². The monoisotopic (exact) mass is 363 g/mol. The molecule has 3 rings (SSSR count). The van der Waals surface area contributed by atoms with E-state index in [1.54, 1.807) is 42.2 Å². The molecule has 0 atom stereocenters. The number of hydrogen-bond donors (Lipinski definition) is 0. The Morgan fingerprint density at radius 2 is 2.16 bits per heavy atom. The number of likely N-dealkylation sites (tertiary alicyclic amines) is 1. The maximum Gasteiger partial charge on any atom is 0.267 e. The van der Waals surface area contributed by atoms with Gasteiger partial charge in [0.25, 0.3) is 5.91 Å². The Hall–Kier alpha value is -2.54. The Morgan fingerprint density at radius 3 is 2.76 bits per heavy atom. The molecular formula is C17H18ClN3O4. The fourth-order valence-electron chi connectivity index (χ4n) is 2.54. The SMILES string of the molecule is Cc1cc(N(CN2CCCC2=O)C(=O)COc2ccc(Cl)cc2)no1. The third kappa shape index (κ3) is 4.30. The Morgan fingerprint density at radius 1 is 1.40 bits per heavy atom. The van der Waals surface area contributed by atoms with Gasteiger partial charge < -0.3 is 14.2 Å². The number of carbonyl (C=O) groups is 2. The van der Waals surface area contributed by atoms with Crippen LogP contribution in [-0.2, 0) is 9.59 Å². The van der Waals surface area contributed by atoms with Crippen LogP contribution in [0.3, 0.4) is 0 Å². The predicted octanol–water partition coefficient (Wildman–Crippen LogP) is 2.63. The van der Waals surface area contributed by atoms with Crippen molar-refractivity contribution in [1.29, 1.82) is 0 Å². The van der Waals surface area contributed by atoms with E-state index in [-0.39, 0.29) is 25.1 Å². The summed E-state index contributed by atoms with van der Waals surface area (Å²) < 4.78 is 10.6. The number of halogens is 1. The molecule has 8 heteroatoms. The van der Waals surface area contributed by atoms with Gasteiger partial charge in [-0.1, -0.05) is 16.8 Å². The molecule has 0 aliphatic carbocycles. The summed E-state index contributed by atoms with van der Waals surface area (Å²) in [5.41, 5.74) is 0. The third-order valence-electron chi connectivity index (χ3n) is 3.85. The third-order valence-corrected chi connectivity index (χ3v) is 4.10. The molecule has 1 aromatic carbocycles. The lowest BCUT2D eigenvalue weighted by atomic mass is 10.3. The molecule has 132 valence electrons. The summed E-state index contributed by atoms with van der Waals surface area (Å²) in [6.07, 6.45) is 1.29. The summed E-state index contributed by atoms with van der Waals surface area (Å²) in [4.78, 5) is 27.6. The van der Waals surface area contributed by atoms with E-state index in [2.05, 4.69) is 5.16 Å². The second-order valence-electron chi connectivity index (χ2n) is 5.76. The predicted molar refractivity (Wildman–Crippen MR) is 91.5 cm³/mol. The van der Waals surface area contributed by atoms with E-state index < -0.39 is 0 Å². The molecule has 0 radical (unpaired) electrons. The number of aryl methyl sites for hydroxylation is 1. The summed E-state index contributed by atoms with van der Waals surface area (Å²) in [5, 5.41) is 4.48. The molecule has 0 N–H and O–H groups in total. The van der Waals surface area contributed by atoms with Crippen LogP contribution in [0.1, 0.15) is 18.6 Å². The first-order valence-corrected chi connectivity index (χ1v) is 8.30. The molecule has 1 aromatic heterocycles. The highest BCUT2D eigenvalue weighted by Gasteiger charge is 2.27. The van der Waals surface area contributed by atoms with E-state index in [9.17, 15) is 9.59 Å². The van der Waals surface area contributed by atoms with Crippen LogP contribution in [-0.4, -0.2) is 41.7 Å². The second kappa shape index (κ2) is 7.57. The molecule has 0 unspecified atom stereocenters. The Labute approximate surface area is 150 Å². The molecular weight excluding hydrogens is 346 g/mol. The highest BCUT2D eigenvalue weighted by atomic mass is 35.5. The van der Waals surface area contributed by atoms with Crippen molar-refractivity contribution in [3.63, 3.8) is 0 Å². The number of ether oxygens (including phenoxy) is 1. The molecule has 2 amide bonds. The van der Waals surface area contributed by atoms with Gasteiger partial charge in [-0.05, 0) is 37.6 Å². The van der Waals surface area contributed by atoms with Gasteiger partial charge in [0.2, 0.25) is 5.91 Å². The normalized spacial score (nSPS) is 14.0. The lowest BCUT2D eigenvalue weighted by Gasteiger charge is -2.25. The first kappa shape index (κ1) is 17.3. The Bertz CT molecular complexity index is 760. The number of hydrogen-bond acceptors (Lipinski definition) is 5. The number of nitrogens with zero attached hydrogens (tertiary/aromatic N) is 3.